The second-order valence-electron chi connectivity index (χ2n) is 9.83. The van der Waals surface area contributed by atoms with Crippen molar-refractivity contribution in [1.82, 2.24) is 14.9 Å². The Labute approximate surface area is 229 Å². The smallest absolute Gasteiger partial charge is 0.174 e. The summed E-state index contributed by atoms with van der Waals surface area (Å²) in [4.78, 5) is 11.4. The lowest BCUT2D eigenvalue weighted by Gasteiger charge is -2.31. The van der Waals surface area contributed by atoms with Gasteiger partial charge in [0.05, 0.1) is 24.9 Å². The van der Waals surface area contributed by atoms with E-state index in [1.54, 1.807) is 0 Å². The maximum atomic E-state index is 5.96. The maximum Gasteiger partial charge on any atom is 0.174 e. The van der Waals surface area contributed by atoms with Crippen LogP contribution in [0.3, 0.4) is 0 Å². The van der Waals surface area contributed by atoms with Gasteiger partial charge in [-0.3, -0.25) is 4.98 Å². The monoisotopic (exact) mass is 524 g/mol. The zero-order valence-electron chi connectivity index (χ0n) is 21.7. The van der Waals surface area contributed by atoms with Crippen molar-refractivity contribution < 1.29 is 4.74 Å². The minimum absolute atomic E-state index is 0.0878. The summed E-state index contributed by atoms with van der Waals surface area (Å²) >= 11 is 5.96. The van der Waals surface area contributed by atoms with Crippen LogP contribution in [0.2, 0.25) is 0 Å². The number of thiocarbonyl (C=S) groups is 1. The van der Waals surface area contributed by atoms with Gasteiger partial charge in [0.15, 0.2) is 5.11 Å². The molecule has 0 bridgehead atoms. The molecule has 2 saturated heterocycles. The van der Waals surface area contributed by atoms with Crippen molar-refractivity contribution >= 4 is 34.4 Å². The van der Waals surface area contributed by atoms with Crippen LogP contribution in [0.25, 0.3) is 5.69 Å². The number of ether oxygens (including phenoxy) is 1. The van der Waals surface area contributed by atoms with Crippen LogP contribution in [0.15, 0.2) is 91.3 Å². The molecule has 0 spiro atoms. The number of benzene rings is 2. The highest BCUT2D eigenvalue weighted by molar-refractivity contribution is 7.80. The molecule has 0 radical (unpaired) electrons. The van der Waals surface area contributed by atoms with E-state index in [0.717, 1.165) is 49.1 Å². The molecule has 4 heterocycles. The van der Waals surface area contributed by atoms with E-state index in [4.69, 9.17) is 21.9 Å². The number of morpholine rings is 1. The second kappa shape index (κ2) is 10.5. The second-order valence-corrected chi connectivity index (χ2v) is 10.2. The van der Waals surface area contributed by atoms with Gasteiger partial charge < -0.3 is 29.3 Å². The van der Waals surface area contributed by atoms with Crippen LogP contribution in [-0.4, -0.2) is 55.1 Å². The van der Waals surface area contributed by atoms with Crippen molar-refractivity contribution in [3.63, 3.8) is 0 Å². The van der Waals surface area contributed by atoms with E-state index in [-0.39, 0.29) is 12.1 Å². The minimum atomic E-state index is -0.0997. The Hall–Kier alpha value is -3.88. The first-order chi connectivity index (χ1) is 18.6. The summed E-state index contributed by atoms with van der Waals surface area (Å²) in [5.74, 6) is 0. The molecule has 0 amide bonds. The number of rotatable bonds is 6. The lowest BCUT2D eigenvalue weighted by molar-refractivity contribution is 0.122. The molecule has 7 nitrogen and oxygen atoms in total. The molecule has 2 atom stereocenters. The summed E-state index contributed by atoms with van der Waals surface area (Å²) < 4.78 is 7.78. The lowest BCUT2D eigenvalue weighted by atomic mass is 10.0. The Morgan fingerprint density at radius 1 is 0.868 bits per heavy atom. The number of anilines is 3. The van der Waals surface area contributed by atoms with Gasteiger partial charge >= 0.3 is 0 Å². The fourth-order valence-electron chi connectivity index (χ4n) is 5.36. The van der Waals surface area contributed by atoms with Gasteiger partial charge in [0, 0.05) is 68.0 Å². The molecule has 6 rings (SSSR count). The van der Waals surface area contributed by atoms with Gasteiger partial charge in [0.1, 0.15) is 6.04 Å². The highest BCUT2D eigenvalue weighted by Gasteiger charge is 2.42. The van der Waals surface area contributed by atoms with Crippen molar-refractivity contribution in [2.45, 2.75) is 12.1 Å². The summed E-state index contributed by atoms with van der Waals surface area (Å²) in [6.45, 7) is 3.35. The summed E-state index contributed by atoms with van der Waals surface area (Å²) in [6, 6.07) is 27.5. The molecule has 2 aliphatic heterocycles. The van der Waals surface area contributed by atoms with Crippen LogP contribution in [0.5, 0.6) is 0 Å². The van der Waals surface area contributed by atoms with E-state index in [0.29, 0.717) is 5.11 Å². The molecule has 2 aliphatic rings. The Morgan fingerprint density at radius 2 is 1.58 bits per heavy atom. The third-order valence-corrected chi connectivity index (χ3v) is 7.64. The maximum absolute atomic E-state index is 5.96. The lowest BCUT2D eigenvalue weighted by Crippen LogP contribution is -2.36. The molecule has 4 aromatic rings. The van der Waals surface area contributed by atoms with Crippen molar-refractivity contribution in [3.05, 3.63) is 103 Å². The van der Waals surface area contributed by atoms with Gasteiger partial charge in [-0.05, 0) is 85.0 Å². The number of aromatic nitrogens is 2. The van der Waals surface area contributed by atoms with Gasteiger partial charge in [-0.25, -0.2) is 0 Å². The van der Waals surface area contributed by atoms with Crippen molar-refractivity contribution in [2.24, 2.45) is 0 Å². The number of nitrogens with one attached hydrogen (secondary N) is 1. The van der Waals surface area contributed by atoms with Crippen LogP contribution in [0, 0.1) is 0 Å². The van der Waals surface area contributed by atoms with Crippen LogP contribution in [-0.2, 0) is 4.74 Å². The Kier molecular flexibility index (Phi) is 6.74. The van der Waals surface area contributed by atoms with Gasteiger partial charge in [0.2, 0.25) is 0 Å². The van der Waals surface area contributed by atoms with E-state index in [9.17, 15) is 0 Å². The third-order valence-electron chi connectivity index (χ3n) is 7.33. The first-order valence-electron chi connectivity index (χ1n) is 13.0. The van der Waals surface area contributed by atoms with Gasteiger partial charge in [-0.1, -0.05) is 6.07 Å². The SMILES string of the molecule is CN(C)c1ccc(-n2cccc2[C@@H]2[C@@H](c3ccccn3)NC(=S)N2c2ccc(N3CCOCC3)cc2)cc1. The fourth-order valence-corrected chi connectivity index (χ4v) is 5.71. The molecule has 2 aromatic carbocycles. The standard InChI is InChI=1S/C30H32N6OS/c1-33(2)22-8-12-24(13-9-22)35-17-5-7-27(35)29-28(26-6-3-4-16-31-26)32-30(38)36(29)25-14-10-23(11-15-25)34-18-20-37-21-19-34/h3-17,28-29H,18-21H2,1-2H3,(H,32,38)/t28-,29-/m1/s1. The highest BCUT2D eigenvalue weighted by Crippen LogP contribution is 2.42. The van der Waals surface area contributed by atoms with E-state index < -0.39 is 0 Å². The van der Waals surface area contributed by atoms with Gasteiger partial charge in [-0.15, -0.1) is 0 Å². The molecule has 2 aromatic heterocycles. The summed E-state index contributed by atoms with van der Waals surface area (Å²) in [7, 11) is 4.11. The number of pyridine rings is 1. The van der Waals surface area contributed by atoms with Crippen LogP contribution in [0.4, 0.5) is 17.1 Å². The van der Waals surface area contributed by atoms with Crippen LogP contribution in [0.1, 0.15) is 23.5 Å². The van der Waals surface area contributed by atoms with Crippen LogP contribution < -0.4 is 20.0 Å². The predicted molar refractivity (Wildman–Crippen MR) is 158 cm³/mol. The van der Waals surface area contributed by atoms with Gasteiger partial charge in [-0.2, -0.15) is 0 Å². The largest absolute Gasteiger partial charge is 0.378 e. The highest BCUT2D eigenvalue weighted by atomic mass is 32.1. The molecular weight excluding hydrogens is 492 g/mol. The Bertz CT molecular complexity index is 1380. The van der Waals surface area contributed by atoms with Crippen LogP contribution >= 0.6 is 12.2 Å². The fraction of sp³-hybridized carbons (Fsp3) is 0.267. The first kappa shape index (κ1) is 24.5. The van der Waals surface area contributed by atoms with Gasteiger partial charge in [0.25, 0.3) is 0 Å². The van der Waals surface area contributed by atoms with E-state index in [1.165, 1.54) is 11.4 Å². The van der Waals surface area contributed by atoms with E-state index in [2.05, 4.69) is 112 Å². The number of nitrogens with zero attached hydrogens (tertiary/aromatic N) is 5. The Balaban J connectivity index is 1.40. The third kappa shape index (κ3) is 4.61. The first-order valence-corrected chi connectivity index (χ1v) is 13.4. The number of hydrogen-bond acceptors (Lipinski definition) is 5. The normalized spacial score (nSPS) is 19.5. The zero-order chi connectivity index (χ0) is 26.1. The summed E-state index contributed by atoms with van der Waals surface area (Å²) in [5.41, 5.74) is 6.64. The number of hydrogen-bond donors (Lipinski definition) is 1. The molecule has 8 heteroatoms. The van der Waals surface area contributed by atoms with Crippen molar-refractivity contribution in [2.75, 3.05) is 55.1 Å². The molecule has 38 heavy (non-hydrogen) atoms. The molecule has 1 N–H and O–H groups in total. The van der Waals surface area contributed by atoms with E-state index >= 15 is 0 Å². The van der Waals surface area contributed by atoms with Crippen molar-refractivity contribution in [1.29, 1.82) is 0 Å². The average molecular weight is 525 g/mol. The molecular formula is C30H32N6OS. The minimum Gasteiger partial charge on any atom is -0.378 e. The molecule has 0 saturated carbocycles. The molecule has 0 aliphatic carbocycles. The summed E-state index contributed by atoms with van der Waals surface area (Å²) in [6.07, 6.45) is 3.96. The van der Waals surface area contributed by atoms with E-state index in [1.807, 2.05) is 18.3 Å². The average Bonchev–Trinajstić information content (AvgIpc) is 3.58. The summed E-state index contributed by atoms with van der Waals surface area (Å²) in [5, 5.41) is 4.28. The quantitative estimate of drug-likeness (QED) is 0.358. The predicted octanol–water partition coefficient (Wildman–Crippen LogP) is 4.95. The molecule has 2 fully saturated rings. The van der Waals surface area contributed by atoms with Crippen molar-refractivity contribution in [3.8, 4) is 5.69 Å². The zero-order valence-corrected chi connectivity index (χ0v) is 22.5. The molecule has 194 valence electrons. The molecule has 0 unspecified atom stereocenters. The topological polar surface area (TPSA) is 48.8 Å². The Morgan fingerprint density at radius 3 is 2.26 bits per heavy atom.